The molecule has 0 spiro atoms. The molecule has 0 saturated heterocycles. The highest BCUT2D eigenvalue weighted by Crippen LogP contribution is 2.27. The zero-order valence-electron chi connectivity index (χ0n) is 12.7. The van der Waals surface area contributed by atoms with Crippen LogP contribution in [0.2, 0.25) is 0 Å². The third-order valence-corrected chi connectivity index (χ3v) is 3.87. The SMILES string of the molecule is Cn1cc(C(C)(C)C)c(C=CSCC(C)(C)C)n1. The standard InChI is InChI=1S/C15H26N2S/c1-14(2,3)11-18-9-8-13-12(15(4,5)6)10-17(7)16-13/h8-10H,11H2,1-7H3. The second-order valence-electron chi connectivity index (χ2n) is 7.03. The van der Waals surface area contributed by atoms with E-state index in [1.165, 1.54) is 5.56 Å². The molecule has 0 unspecified atom stereocenters. The molecular formula is C15H26N2S. The summed E-state index contributed by atoms with van der Waals surface area (Å²) >= 11 is 1.85. The number of hydrogen-bond acceptors (Lipinski definition) is 2. The van der Waals surface area contributed by atoms with Gasteiger partial charge in [-0.05, 0) is 22.3 Å². The Kier molecular flexibility index (Phi) is 4.71. The van der Waals surface area contributed by atoms with E-state index in [1.54, 1.807) is 0 Å². The number of nitrogens with zero attached hydrogens (tertiary/aromatic N) is 2. The Morgan fingerprint density at radius 3 is 2.33 bits per heavy atom. The van der Waals surface area contributed by atoms with Gasteiger partial charge in [-0.2, -0.15) is 5.10 Å². The molecule has 0 atom stereocenters. The van der Waals surface area contributed by atoms with Gasteiger partial charge in [-0.25, -0.2) is 0 Å². The molecule has 0 aliphatic rings. The summed E-state index contributed by atoms with van der Waals surface area (Å²) in [6, 6.07) is 0. The number of thioether (sulfide) groups is 1. The fraction of sp³-hybridized carbons (Fsp3) is 0.667. The molecule has 0 saturated carbocycles. The lowest BCUT2D eigenvalue weighted by molar-refractivity contribution is 0.481. The first-order chi connectivity index (χ1) is 8.09. The molecule has 18 heavy (non-hydrogen) atoms. The molecule has 0 fully saturated rings. The van der Waals surface area contributed by atoms with Crippen LogP contribution in [0.15, 0.2) is 11.6 Å². The minimum Gasteiger partial charge on any atom is -0.275 e. The zero-order chi connectivity index (χ0) is 14.0. The van der Waals surface area contributed by atoms with Crippen molar-refractivity contribution >= 4 is 17.8 Å². The highest BCUT2D eigenvalue weighted by molar-refractivity contribution is 8.02. The normalized spacial score (nSPS) is 13.5. The van der Waals surface area contributed by atoms with Crippen LogP contribution in [0.5, 0.6) is 0 Å². The van der Waals surface area contributed by atoms with Gasteiger partial charge in [-0.3, -0.25) is 4.68 Å². The summed E-state index contributed by atoms with van der Waals surface area (Å²) in [5.41, 5.74) is 2.90. The van der Waals surface area contributed by atoms with Gasteiger partial charge in [0.2, 0.25) is 0 Å². The molecule has 1 heterocycles. The van der Waals surface area contributed by atoms with Crippen molar-refractivity contribution in [3.63, 3.8) is 0 Å². The molecule has 0 radical (unpaired) electrons. The largest absolute Gasteiger partial charge is 0.275 e. The maximum atomic E-state index is 4.53. The smallest absolute Gasteiger partial charge is 0.0893 e. The Balaban J connectivity index is 2.76. The van der Waals surface area contributed by atoms with Crippen LogP contribution in [0, 0.1) is 5.41 Å². The average Bonchev–Trinajstić information content (AvgIpc) is 2.52. The van der Waals surface area contributed by atoms with Gasteiger partial charge in [0.05, 0.1) is 5.69 Å². The Morgan fingerprint density at radius 2 is 1.83 bits per heavy atom. The van der Waals surface area contributed by atoms with Gasteiger partial charge >= 0.3 is 0 Å². The van der Waals surface area contributed by atoms with Crippen LogP contribution >= 0.6 is 11.8 Å². The van der Waals surface area contributed by atoms with E-state index in [4.69, 9.17) is 0 Å². The predicted octanol–water partition coefficient (Wildman–Crippen LogP) is 4.47. The van der Waals surface area contributed by atoms with E-state index < -0.39 is 0 Å². The molecule has 2 nitrogen and oxygen atoms in total. The van der Waals surface area contributed by atoms with Crippen molar-refractivity contribution in [1.82, 2.24) is 9.78 Å². The van der Waals surface area contributed by atoms with Crippen molar-refractivity contribution in [3.05, 3.63) is 22.9 Å². The molecule has 1 rings (SSSR count). The monoisotopic (exact) mass is 266 g/mol. The molecule has 0 aliphatic heterocycles. The molecule has 3 heteroatoms. The van der Waals surface area contributed by atoms with Gasteiger partial charge in [0.15, 0.2) is 0 Å². The topological polar surface area (TPSA) is 17.8 Å². The van der Waals surface area contributed by atoms with Crippen LogP contribution in [0.3, 0.4) is 0 Å². The van der Waals surface area contributed by atoms with Crippen molar-refractivity contribution in [2.75, 3.05) is 5.75 Å². The first-order valence-corrected chi connectivity index (χ1v) is 7.47. The Labute approximate surface area is 116 Å². The Bertz CT molecular complexity index is 417. The van der Waals surface area contributed by atoms with Crippen LogP contribution < -0.4 is 0 Å². The zero-order valence-corrected chi connectivity index (χ0v) is 13.6. The average molecular weight is 266 g/mol. The van der Waals surface area contributed by atoms with Crippen LogP contribution in [-0.4, -0.2) is 15.5 Å². The van der Waals surface area contributed by atoms with E-state index in [9.17, 15) is 0 Å². The van der Waals surface area contributed by atoms with E-state index in [0.29, 0.717) is 5.41 Å². The summed E-state index contributed by atoms with van der Waals surface area (Å²) in [6.07, 6.45) is 4.26. The van der Waals surface area contributed by atoms with Crippen molar-refractivity contribution < 1.29 is 0 Å². The third kappa shape index (κ3) is 4.89. The summed E-state index contributed by atoms with van der Waals surface area (Å²) in [7, 11) is 1.98. The van der Waals surface area contributed by atoms with Crippen molar-refractivity contribution in [3.8, 4) is 0 Å². The summed E-state index contributed by atoms with van der Waals surface area (Å²) in [5, 5.41) is 6.70. The van der Waals surface area contributed by atoms with Gasteiger partial charge in [-0.1, -0.05) is 41.5 Å². The highest BCUT2D eigenvalue weighted by Gasteiger charge is 2.19. The molecular weight excluding hydrogens is 240 g/mol. The van der Waals surface area contributed by atoms with E-state index >= 15 is 0 Å². The highest BCUT2D eigenvalue weighted by atomic mass is 32.2. The first-order valence-electron chi connectivity index (χ1n) is 6.42. The number of aryl methyl sites for hydroxylation is 1. The van der Waals surface area contributed by atoms with E-state index in [0.717, 1.165) is 11.4 Å². The molecule has 0 N–H and O–H groups in total. The number of aromatic nitrogens is 2. The fourth-order valence-corrected chi connectivity index (χ4v) is 2.44. The molecule has 1 aromatic heterocycles. The first kappa shape index (κ1) is 15.4. The summed E-state index contributed by atoms with van der Waals surface area (Å²) in [5.74, 6) is 1.13. The van der Waals surface area contributed by atoms with Gasteiger partial charge < -0.3 is 0 Å². The summed E-state index contributed by atoms with van der Waals surface area (Å²) < 4.78 is 1.90. The molecule has 102 valence electrons. The number of rotatable bonds is 3. The lowest BCUT2D eigenvalue weighted by atomic mass is 9.87. The van der Waals surface area contributed by atoms with Crippen molar-refractivity contribution in [2.45, 2.75) is 47.0 Å². The van der Waals surface area contributed by atoms with E-state index in [1.807, 2.05) is 23.5 Å². The lowest BCUT2D eigenvalue weighted by Gasteiger charge is -2.17. The number of hydrogen-bond donors (Lipinski definition) is 0. The minimum atomic E-state index is 0.141. The van der Waals surface area contributed by atoms with E-state index in [2.05, 4.69) is 64.3 Å². The van der Waals surface area contributed by atoms with Crippen LogP contribution in [0.4, 0.5) is 0 Å². The maximum Gasteiger partial charge on any atom is 0.0893 e. The molecule has 0 aliphatic carbocycles. The summed E-state index contributed by atoms with van der Waals surface area (Å²) in [4.78, 5) is 0. The predicted molar refractivity (Wildman–Crippen MR) is 82.9 cm³/mol. The molecule has 0 aromatic carbocycles. The Morgan fingerprint density at radius 1 is 1.22 bits per heavy atom. The third-order valence-electron chi connectivity index (χ3n) is 2.50. The van der Waals surface area contributed by atoms with Crippen molar-refractivity contribution in [1.29, 1.82) is 0 Å². The summed E-state index contributed by atoms with van der Waals surface area (Å²) in [6.45, 7) is 13.5. The van der Waals surface area contributed by atoms with Crippen LogP contribution in [0.25, 0.3) is 6.08 Å². The second-order valence-corrected chi connectivity index (χ2v) is 7.92. The maximum absolute atomic E-state index is 4.53. The van der Waals surface area contributed by atoms with Gasteiger partial charge in [0.1, 0.15) is 0 Å². The fourth-order valence-electron chi connectivity index (χ4n) is 1.62. The van der Waals surface area contributed by atoms with Crippen molar-refractivity contribution in [2.24, 2.45) is 12.5 Å². The van der Waals surface area contributed by atoms with Gasteiger partial charge in [-0.15, -0.1) is 11.8 Å². The van der Waals surface area contributed by atoms with Crippen LogP contribution in [0.1, 0.15) is 52.8 Å². The minimum absolute atomic E-state index is 0.141. The molecule has 0 bridgehead atoms. The lowest BCUT2D eigenvalue weighted by Crippen LogP contribution is -2.11. The van der Waals surface area contributed by atoms with Gasteiger partial charge in [0.25, 0.3) is 0 Å². The quantitative estimate of drug-likeness (QED) is 0.803. The molecule has 0 amide bonds. The van der Waals surface area contributed by atoms with Gasteiger partial charge in [0, 0.05) is 24.6 Å². The Hall–Kier alpha value is -0.700. The van der Waals surface area contributed by atoms with E-state index in [-0.39, 0.29) is 5.41 Å². The molecule has 1 aromatic rings. The second kappa shape index (κ2) is 5.52. The van der Waals surface area contributed by atoms with Crippen LogP contribution in [-0.2, 0) is 12.5 Å².